The van der Waals surface area contributed by atoms with Gasteiger partial charge in [-0.15, -0.1) is 0 Å². The second-order valence-electron chi connectivity index (χ2n) is 5.33. The molecule has 0 saturated carbocycles. The smallest absolute Gasteiger partial charge is 0.338 e. The highest BCUT2D eigenvalue weighted by atomic mass is 19.3. The van der Waals surface area contributed by atoms with Crippen molar-refractivity contribution < 1.29 is 31.8 Å². The van der Waals surface area contributed by atoms with E-state index in [0.717, 1.165) is 12.1 Å². The average Bonchev–Trinajstić information content (AvgIpc) is 2.55. The molecule has 0 radical (unpaired) electrons. The second-order valence-corrected chi connectivity index (χ2v) is 5.33. The van der Waals surface area contributed by atoms with Gasteiger partial charge in [0.15, 0.2) is 0 Å². The lowest BCUT2D eigenvalue weighted by Gasteiger charge is -2.23. The van der Waals surface area contributed by atoms with Crippen LogP contribution in [0.15, 0.2) is 48.5 Å². The van der Waals surface area contributed by atoms with Gasteiger partial charge in [0, 0.05) is 12.5 Å². The molecular weight excluding hydrogens is 340 g/mol. The molecule has 0 aromatic heterocycles. The van der Waals surface area contributed by atoms with Crippen LogP contribution in [0, 0.1) is 0 Å². The quantitative estimate of drug-likeness (QED) is 0.513. The van der Waals surface area contributed by atoms with E-state index in [0.29, 0.717) is 11.3 Å². The fourth-order valence-electron chi connectivity index (χ4n) is 2.00. The first-order valence-corrected chi connectivity index (χ1v) is 7.46. The molecule has 0 amide bonds. The van der Waals surface area contributed by atoms with Crippen molar-refractivity contribution >= 4 is 5.97 Å². The molecule has 3 nitrogen and oxygen atoms in total. The number of rotatable bonds is 6. The van der Waals surface area contributed by atoms with Crippen LogP contribution in [0.3, 0.4) is 0 Å². The van der Waals surface area contributed by atoms with E-state index in [1.807, 2.05) is 0 Å². The summed E-state index contributed by atoms with van der Waals surface area (Å²) in [6.45, 7) is 2.12. The van der Waals surface area contributed by atoms with Crippen molar-refractivity contribution in [3.05, 3.63) is 59.7 Å². The summed E-state index contributed by atoms with van der Waals surface area (Å²) in [5.74, 6) is -8.36. The molecule has 2 aromatic carbocycles. The standard InChI is InChI=1S/C18H16F4O3/c1-3-24-16(23)12-4-8-14(9-5-12)25-15-10-6-13(7-11-15)18(21,22)17(2,19)20/h4-11H,3H2,1-2H3. The van der Waals surface area contributed by atoms with Gasteiger partial charge in [-0.2, -0.15) is 17.6 Å². The second kappa shape index (κ2) is 7.13. The van der Waals surface area contributed by atoms with E-state index >= 15 is 0 Å². The van der Waals surface area contributed by atoms with Gasteiger partial charge in [0.2, 0.25) is 0 Å². The SMILES string of the molecule is CCOC(=O)c1ccc(Oc2ccc(C(F)(F)C(C)(F)F)cc2)cc1. The third kappa shape index (κ3) is 4.29. The zero-order valence-corrected chi connectivity index (χ0v) is 13.6. The van der Waals surface area contributed by atoms with Crippen LogP contribution in [0.25, 0.3) is 0 Å². The molecule has 25 heavy (non-hydrogen) atoms. The number of ether oxygens (including phenoxy) is 2. The Balaban J connectivity index is 2.10. The van der Waals surface area contributed by atoms with Gasteiger partial charge in [-0.3, -0.25) is 0 Å². The summed E-state index contributed by atoms with van der Waals surface area (Å²) in [5, 5.41) is 0. The number of halogens is 4. The number of benzene rings is 2. The highest BCUT2D eigenvalue weighted by Gasteiger charge is 2.53. The van der Waals surface area contributed by atoms with Crippen LogP contribution in [-0.4, -0.2) is 18.5 Å². The van der Waals surface area contributed by atoms with Crippen molar-refractivity contribution in [1.82, 2.24) is 0 Å². The molecule has 0 bridgehead atoms. The third-order valence-corrected chi connectivity index (χ3v) is 3.37. The molecule has 134 valence electrons. The largest absolute Gasteiger partial charge is 0.462 e. The van der Waals surface area contributed by atoms with Gasteiger partial charge in [0.25, 0.3) is 0 Å². The van der Waals surface area contributed by atoms with Gasteiger partial charge in [0.05, 0.1) is 12.2 Å². The van der Waals surface area contributed by atoms with Crippen molar-refractivity contribution in [2.24, 2.45) is 0 Å². The normalized spacial score (nSPS) is 11.9. The van der Waals surface area contributed by atoms with Crippen LogP contribution in [0.1, 0.15) is 29.8 Å². The molecule has 0 N–H and O–H groups in total. The minimum Gasteiger partial charge on any atom is -0.462 e. The first-order valence-electron chi connectivity index (χ1n) is 7.46. The first kappa shape index (κ1) is 18.8. The molecular formula is C18H16F4O3. The minimum absolute atomic E-state index is 0.169. The summed E-state index contributed by atoms with van der Waals surface area (Å²) in [5.41, 5.74) is -0.459. The zero-order chi connectivity index (χ0) is 18.7. The number of carbonyl (C=O) groups is 1. The molecule has 7 heteroatoms. The Bertz CT molecular complexity index is 719. The average molecular weight is 356 g/mol. The van der Waals surface area contributed by atoms with Gasteiger partial charge in [-0.05, 0) is 55.5 Å². The van der Waals surface area contributed by atoms with Crippen LogP contribution in [0.4, 0.5) is 17.6 Å². The monoisotopic (exact) mass is 356 g/mol. The predicted octanol–water partition coefficient (Wildman–Crippen LogP) is 5.40. The van der Waals surface area contributed by atoms with E-state index < -0.39 is 23.4 Å². The molecule has 2 rings (SSSR count). The van der Waals surface area contributed by atoms with Gasteiger partial charge in [-0.1, -0.05) is 0 Å². The van der Waals surface area contributed by atoms with E-state index in [9.17, 15) is 22.4 Å². The van der Waals surface area contributed by atoms with Gasteiger partial charge < -0.3 is 9.47 Å². The topological polar surface area (TPSA) is 35.5 Å². The molecule has 0 fully saturated rings. The molecule has 0 saturated heterocycles. The lowest BCUT2D eigenvalue weighted by molar-refractivity contribution is -0.204. The molecule has 0 heterocycles. The maximum absolute atomic E-state index is 13.6. The van der Waals surface area contributed by atoms with Crippen LogP contribution in [0.2, 0.25) is 0 Å². The van der Waals surface area contributed by atoms with Crippen molar-refractivity contribution in [1.29, 1.82) is 0 Å². The van der Waals surface area contributed by atoms with Crippen LogP contribution in [0.5, 0.6) is 11.5 Å². The Morgan fingerprint density at radius 1 is 0.920 bits per heavy atom. The summed E-state index contributed by atoms with van der Waals surface area (Å²) in [4.78, 5) is 11.5. The number of hydrogen-bond donors (Lipinski definition) is 0. The maximum Gasteiger partial charge on any atom is 0.338 e. The zero-order valence-electron chi connectivity index (χ0n) is 13.6. The van der Waals surface area contributed by atoms with Crippen LogP contribution in [-0.2, 0) is 10.7 Å². The Kier molecular flexibility index (Phi) is 5.35. The molecule has 0 atom stereocenters. The van der Waals surface area contributed by atoms with Gasteiger partial charge in [0.1, 0.15) is 11.5 Å². The summed E-state index contributed by atoms with van der Waals surface area (Å²) in [6.07, 6.45) is 0. The maximum atomic E-state index is 13.6. The third-order valence-electron chi connectivity index (χ3n) is 3.37. The van der Waals surface area contributed by atoms with Crippen molar-refractivity contribution in [2.75, 3.05) is 6.61 Å². The fourth-order valence-corrected chi connectivity index (χ4v) is 2.00. The number of hydrogen-bond acceptors (Lipinski definition) is 3. The lowest BCUT2D eigenvalue weighted by Crippen LogP contribution is -2.34. The highest BCUT2D eigenvalue weighted by molar-refractivity contribution is 5.89. The summed E-state index contributed by atoms with van der Waals surface area (Å²) in [7, 11) is 0. The molecule has 0 aliphatic rings. The number of carbonyl (C=O) groups excluding carboxylic acids is 1. The first-order chi connectivity index (χ1) is 11.6. The van der Waals surface area contributed by atoms with E-state index in [4.69, 9.17) is 9.47 Å². The van der Waals surface area contributed by atoms with E-state index in [-0.39, 0.29) is 19.3 Å². The molecule has 0 aliphatic heterocycles. The van der Waals surface area contributed by atoms with Gasteiger partial charge >= 0.3 is 17.8 Å². The predicted molar refractivity (Wildman–Crippen MR) is 83.4 cm³/mol. The Morgan fingerprint density at radius 3 is 1.84 bits per heavy atom. The number of esters is 1. The molecule has 0 aliphatic carbocycles. The Hall–Kier alpha value is -2.57. The van der Waals surface area contributed by atoms with E-state index in [1.165, 1.54) is 36.4 Å². The minimum atomic E-state index is -4.27. The Labute approximate surface area is 142 Å². The van der Waals surface area contributed by atoms with Crippen molar-refractivity contribution in [2.45, 2.75) is 25.7 Å². The molecule has 2 aromatic rings. The van der Waals surface area contributed by atoms with Crippen molar-refractivity contribution in [3.8, 4) is 11.5 Å². The summed E-state index contributed by atoms with van der Waals surface area (Å²) >= 11 is 0. The summed E-state index contributed by atoms with van der Waals surface area (Å²) < 4.78 is 63.4. The molecule has 0 unspecified atom stereocenters. The fraction of sp³-hybridized carbons (Fsp3) is 0.278. The highest BCUT2D eigenvalue weighted by Crippen LogP contribution is 2.42. The molecule has 0 spiro atoms. The van der Waals surface area contributed by atoms with E-state index in [1.54, 1.807) is 6.92 Å². The summed E-state index contributed by atoms with van der Waals surface area (Å²) in [6, 6.07) is 10.1. The van der Waals surface area contributed by atoms with Gasteiger partial charge in [-0.25, -0.2) is 4.79 Å². The van der Waals surface area contributed by atoms with Crippen molar-refractivity contribution in [3.63, 3.8) is 0 Å². The Morgan fingerprint density at radius 2 is 1.40 bits per heavy atom. The lowest BCUT2D eigenvalue weighted by atomic mass is 10.0. The van der Waals surface area contributed by atoms with E-state index in [2.05, 4.69) is 0 Å². The van der Waals surface area contributed by atoms with Crippen LogP contribution >= 0.6 is 0 Å². The number of alkyl halides is 4. The van der Waals surface area contributed by atoms with Crippen LogP contribution < -0.4 is 4.74 Å².